The Hall–Kier alpha value is -3.39. The first kappa shape index (κ1) is 20.3. The average Bonchev–Trinajstić information content (AvgIpc) is 3.18. The number of allylic oxidation sites excluding steroid dienone is 1. The molecule has 0 atom stereocenters. The number of fused-ring (bicyclic) bond motifs is 3. The molecule has 2 N–H and O–H groups in total. The van der Waals surface area contributed by atoms with Gasteiger partial charge in [-0.05, 0) is 30.7 Å². The predicted octanol–water partition coefficient (Wildman–Crippen LogP) is 2.49. The number of aryl methyl sites for hydroxylation is 1. The van der Waals surface area contributed by atoms with E-state index in [-0.39, 0.29) is 18.2 Å². The SMILES string of the molecule is Cc1ccc2c(c1OCC(=O)O)NC(=CC(=O)c1cccnc1)N1CCN=C21.Cl. The summed E-state index contributed by atoms with van der Waals surface area (Å²) in [5.41, 5.74) is 2.70. The van der Waals surface area contributed by atoms with Gasteiger partial charge in [0.05, 0.1) is 12.2 Å². The van der Waals surface area contributed by atoms with E-state index in [1.807, 2.05) is 24.0 Å². The van der Waals surface area contributed by atoms with Crippen LogP contribution in [0.15, 0.2) is 53.5 Å². The van der Waals surface area contributed by atoms with Gasteiger partial charge in [0.1, 0.15) is 17.4 Å². The number of carbonyl (C=O) groups excluding carboxylic acids is 1. The van der Waals surface area contributed by atoms with Crippen molar-refractivity contribution in [2.75, 3.05) is 25.0 Å². The molecule has 2 aliphatic rings. The number of ketones is 1. The van der Waals surface area contributed by atoms with Crippen LogP contribution in [-0.2, 0) is 4.79 Å². The summed E-state index contributed by atoms with van der Waals surface area (Å²) in [6, 6.07) is 7.20. The third-order valence-corrected chi connectivity index (χ3v) is 4.53. The fourth-order valence-corrected chi connectivity index (χ4v) is 3.26. The van der Waals surface area contributed by atoms with E-state index in [9.17, 15) is 9.59 Å². The summed E-state index contributed by atoms with van der Waals surface area (Å²) in [7, 11) is 0. The minimum atomic E-state index is -1.06. The molecular weight excluding hydrogens is 396 g/mol. The average molecular weight is 415 g/mol. The van der Waals surface area contributed by atoms with Gasteiger partial charge >= 0.3 is 5.97 Å². The first-order valence-corrected chi connectivity index (χ1v) is 8.78. The summed E-state index contributed by atoms with van der Waals surface area (Å²) in [5.74, 6) is 0.498. The molecule has 0 radical (unpaired) electrons. The molecule has 0 fully saturated rings. The third kappa shape index (κ3) is 3.93. The summed E-state index contributed by atoms with van der Waals surface area (Å²) in [6.07, 6.45) is 4.63. The molecule has 0 unspecified atom stereocenters. The molecule has 0 bridgehead atoms. The molecule has 0 saturated carbocycles. The highest BCUT2D eigenvalue weighted by Crippen LogP contribution is 2.39. The minimum Gasteiger partial charge on any atom is -0.479 e. The van der Waals surface area contributed by atoms with Gasteiger partial charge in [0.25, 0.3) is 0 Å². The van der Waals surface area contributed by atoms with Gasteiger partial charge in [-0.15, -0.1) is 12.4 Å². The van der Waals surface area contributed by atoms with Crippen LogP contribution in [0.2, 0.25) is 0 Å². The van der Waals surface area contributed by atoms with Crippen molar-refractivity contribution >= 4 is 35.7 Å². The highest BCUT2D eigenvalue weighted by molar-refractivity contribution is 6.11. The Bertz CT molecular complexity index is 1020. The number of aromatic nitrogens is 1. The second-order valence-electron chi connectivity index (χ2n) is 6.43. The topological polar surface area (TPSA) is 104 Å². The number of amidine groups is 1. The van der Waals surface area contributed by atoms with E-state index in [4.69, 9.17) is 9.84 Å². The Morgan fingerprint density at radius 1 is 1.34 bits per heavy atom. The molecule has 150 valence electrons. The van der Waals surface area contributed by atoms with E-state index in [2.05, 4.69) is 15.3 Å². The molecule has 2 aromatic rings. The van der Waals surface area contributed by atoms with Crippen LogP contribution >= 0.6 is 12.4 Å². The van der Waals surface area contributed by atoms with E-state index < -0.39 is 12.6 Å². The molecule has 0 saturated heterocycles. The van der Waals surface area contributed by atoms with E-state index >= 15 is 0 Å². The zero-order chi connectivity index (χ0) is 19.7. The summed E-state index contributed by atoms with van der Waals surface area (Å²) in [5, 5.41) is 12.2. The summed E-state index contributed by atoms with van der Waals surface area (Å²) in [6.45, 7) is 2.64. The zero-order valence-corrected chi connectivity index (χ0v) is 16.4. The van der Waals surface area contributed by atoms with E-state index in [1.165, 1.54) is 12.3 Å². The highest BCUT2D eigenvalue weighted by atomic mass is 35.5. The maximum absolute atomic E-state index is 12.6. The number of rotatable bonds is 5. The Balaban J connectivity index is 0.00000240. The maximum Gasteiger partial charge on any atom is 0.341 e. The van der Waals surface area contributed by atoms with Crippen LogP contribution in [0.1, 0.15) is 21.5 Å². The number of halogens is 1. The van der Waals surface area contributed by atoms with Gasteiger partial charge in [0.15, 0.2) is 12.4 Å². The molecule has 0 aliphatic carbocycles. The lowest BCUT2D eigenvalue weighted by Crippen LogP contribution is -2.37. The van der Waals surface area contributed by atoms with Crippen LogP contribution in [0.4, 0.5) is 5.69 Å². The molecule has 0 spiro atoms. The van der Waals surface area contributed by atoms with Crippen molar-refractivity contribution < 1.29 is 19.4 Å². The number of carboxylic acids is 1. The number of nitrogens with one attached hydrogen (secondary N) is 1. The number of anilines is 1. The first-order chi connectivity index (χ1) is 13.5. The van der Waals surface area contributed by atoms with Crippen molar-refractivity contribution in [2.45, 2.75) is 6.92 Å². The van der Waals surface area contributed by atoms with Crippen molar-refractivity contribution in [3.8, 4) is 5.75 Å². The normalized spacial score (nSPS) is 15.6. The molecule has 3 heterocycles. The standard InChI is InChI=1S/C20H18N4O4.ClH/c1-12-4-5-14-18(19(12)28-11-17(26)27)23-16(24-8-7-22-20(14)24)9-15(25)13-3-2-6-21-10-13;/h2-6,9-10,23H,7-8,11H2,1H3,(H,26,27);1H. The number of carboxylic acid groups (broad SMARTS) is 1. The number of benzene rings is 1. The number of hydrogen-bond donors (Lipinski definition) is 2. The molecular formula is C20H19ClN4O4. The Labute approximate surface area is 173 Å². The monoisotopic (exact) mass is 414 g/mol. The van der Waals surface area contributed by atoms with E-state index in [1.54, 1.807) is 18.3 Å². The predicted molar refractivity (Wildman–Crippen MR) is 110 cm³/mol. The van der Waals surface area contributed by atoms with Gasteiger partial charge in [-0.2, -0.15) is 0 Å². The lowest BCUT2D eigenvalue weighted by Gasteiger charge is -2.32. The maximum atomic E-state index is 12.6. The van der Waals surface area contributed by atoms with Gasteiger partial charge in [-0.3, -0.25) is 14.8 Å². The third-order valence-electron chi connectivity index (χ3n) is 4.53. The molecule has 2 aliphatic heterocycles. The molecule has 9 heteroatoms. The van der Waals surface area contributed by atoms with Crippen molar-refractivity contribution in [1.29, 1.82) is 0 Å². The van der Waals surface area contributed by atoms with E-state index in [0.29, 0.717) is 35.9 Å². The van der Waals surface area contributed by atoms with Crippen LogP contribution in [0.5, 0.6) is 5.75 Å². The lowest BCUT2D eigenvalue weighted by atomic mass is 10.0. The van der Waals surface area contributed by atoms with Gasteiger partial charge in [0, 0.05) is 36.1 Å². The smallest absolute Gasteiger partial charge is 0.341 e. The molecule has 0 amide bonds. The summed E-state index contributed by atoms with van der Waals surface area (Å²) < 4.78 is 5.53. The largest absolute Gasteiger partial charge is 0.479 e. The van der Waals surface area contributed by atoms with Crippen LogP contribution in [0.25, 0.3) is 0 Å². The second kappa shape index (κ2) is 8.32. The second-order valence-corrected chi connectivity index (χ2v) is 6.43. The quantitative estimate of drug-likeness (QED) is 0.572. The van der Waals surface area contributed by atoms with Crippen LogP contribution < -0.4 is 10.1 Å². The molecule has 1 aromatic carbocycles. The van der Waals surface area contributed by atoms with Crippen LogP contribution in [0.3, 0.4) is 0 Å². The van der Waals surface area contributed by atoms with E-state index in [0.717, 1.165) is 17.0 Å². The van der Waals surface area contributed by atoms with Gasteiger partial charge < -0.3 is 20.1 Å². The zero-order valence-electron chi connectivity index (χ0n) is 15.6. The summed E-state index contributed by atoms with van der Waals surface area (Å²) in [4.78, 5) is 34.1. The molecule has 4 rings (SSSR count). The molecule has 8 nitrogen and oxygen atoms in total. The highest BCUT2D eigenvalue weighted by Gasteiger charge is 2.32. The van der Waals surface area contributed by atoms with Gasteiger partial charge in [-0.25, -0.2) is 4.79 Å². The molecule has 1 aromatic heterocycles. The first-order valence-electron chi connectivity index (χ1n) is 8.78. The Morgan fingerprint density at radius 3 is 2.90 bits per heavy atom. The number of aliphatic imine (C=N–C) groups is 1. The summed E-state index contributed by atoms with van der Waals surface area (Å²) >= 11 is 0. The van der Waals surface area contributed by atoms with Crippen molar-refractivity contribution in [1.82, 2.24) is 9.88 Å². The van der Waals surface area contributed by atoms with Crippen molar-refractivity contribution in [3.63, 3.8) is 0 Å². The fourth-order valence-electron chi connectivity index (χ4n) is 3.26. The Kier molecular flexibility index (Phi) is 5.84. The number of pyridine rings is 1. The number of carbonyl (C=O) groups is 2. The van der Waals surface area contributed by atoms with Gasteiger partial charge in [-0.1, -0.05) is 6.07 Å². The Morgan fingerprint density at radius 2 is 2.17 bits per heavy atom. The number of hydrogen-bond acceptors (Lipinski definition) is 7. The lowest BCUT2D eigenvalue weighted by molar-refractivity contribution is -0.139. The number of aliphatic carboxylic acids is 1. The molecule has 29 heavy (non-hydrogen) atoms. The number of ether oxygens (including phenoxy) is 1. The number of nitrogens with zero attached hydrogens (tertiary/aromatic N) is 3. The van der Waals surface area contributed by atoms with Crippen molar-refractivity contribution in [3.05, 3.63) is 65.2 Å². The van der Waals surface area contributed by atoms with Crippen LogP contribution in [-0.4, -0.2) is 52.3 Å². The minimum absolute atomic E-state index is 0. The van der Waals surface area contributed by atoms with Crippen molar-refractivity contribution in [2.24, 2.45) is 4.99 Å². The van der Waals surface area contributed by atoms with Crippen LogP contribution in [0, 0.1) is 6.92 Å². The fraction of sp³-hybridized carbons (Fsp3) is 0.200. The van der Waals surface area contributed by atoms with Gasteiger partial charge in [0.2, 0.25) is 0 Å².